The maximum absolute atomic E-state index is 12.4. The molecule has 1 aromatic carbocycles. The molecule has 1 fully saturated rings. The lowest BCUT2D eigenvalue weighted by atomic mass is 10.2. The number of nitrogens with zero attached hydrogens (tertiary/aromatic N) is 3. The third-order valence-electron chi connectivity index (χ3n) is 5.08. The monoisotopic (exact) mass is 358 g/mol. The lowest BCUT2D eigenvalue weighted by Crippen LogP contribution is -3.15. The van der Waals surface area contributed by atoms with Crippen molar-refractivity contribution in [2.24, 2.45) is 7.05 Å². The van der Waals surface area contributed by atoms with Gasteiger partial charge >= 0.3 is 0 Å². The van der Waals surface area contributed by atoms with Gasteiger partial charge in [0.15, 0.2) is 6.54 Å². The van der Waals surface area contributed by atoms with Gasteiger partial charge in [-0.05, 0) is 26.0 Å². The standard InChI is InChI=1S/C19H27N5O2/c1-14-19(15(2)22(3)21-14)20-18(25)13-23-9-11-24(12-10-23)16-7-5-6-8-17(16)26-4/h5-8H,9-13H2,1-4H3,(H,20,25)/p+1. The van der Waals surface area contributed by atoms with Gasteiger partial charge in [-0.15, -0.1) is 0 Å². The van der Waals surface area contributed by atoms with Crippen molar-refractivity contribution >= 4 is 17.3 Å². The fourth-order valence-corrected chi connectivity index (χ4v) is 3.50. The summed E-state index contributed by atoms with van der Waals surface area (Å²) in [4.78, 5) is 16.1. The average molecular weight is 358 g/mol. The Labute approximate surface area is 154 Å². The number of quaternary nitrogens is 1. The fourth-order valence-electron chi connectivity index (χ4n) is 3.50. The molecule has 1 aromatic heterocycles. The van der Waals surface area contributed by atoms with Crippen LogP contribution in [0.15, 0.2) is 24.3 Å². The van der Waals surface area contributed by atoms with E-state index in [1.807, 2.05) is 39.1 Å². The van der Waals surface area contributed by atoms with E-state index in [0.717, 1.165) is 54.7 Å². The maximum Gasteiger partial charge on any atom is 0.279 e. The fraction of sp³-hybridized carbons (Fsp3) is 0.474. The smallest absolute Gasteiger partial charge is 0.279 e. The van der Waals surface area contributed by atoms with Gasteiger partial charge in [-0.1, -0.05) is 12.1 Å². The summed E-state index contributed by atoms with van der Waals surface area (Å²) in [5, 5.41) is 7.38. The first-order chi connectivity index (χ1) is 12.5. The molecule has 0 bridgehead atoms. The minimum absolute atomic E-state index is 0.0462. The summed E-state index contributed by atoms with van der Waals surface area (Å²) in [7, 11) is 3.59. The highest BCUT2D eigenvalue weighted by Crippen LogP contribution is 2.27. The van der Waals surface area contributed by atoms with E-state index in [2.05, 4.69) is 21.4 Å². The number of ether oxygens (including phenoxy) is 1. The molecular formula is C19H28N5O2+. The molecule has 0 spiro atoms. The molecule has 1 aliphatic heterocycles. The van der Waals surface area contributed by atoms with Crippen LogP contribution in [0, 0.1) is 13.8 Å². The largest absolute Gasteiger partial charge is 0.495 e. The molecule has 2 N–H and O–H groups in total. The number of nitrogens with one attached hydrogen (secondary N) is 2. The minimum Gasteiger partial charge on any atom is -0.495 e. The van der Waals surface area contributed by atoms with Crippen molar-refractivity contribution in [3.05, 3.63) is 35.7 Å². The number of anilines is 2. The summed E-state index contributed by atoms with van der Waals surface area (Å²) in [5.41, 5.74) is 3.80. The number of piperazine rings is 1. The molecular weight excluding hydrogens is 330 g/mol. The van der Waals surface area contributed by atoms with E-state index in [-0.39, 0.29) is 5.91 Å². The molecule has 0 aliphatic carbocycles. The molecule has 2 heterocycles. The molecule has 2 aromatic rings. The van der Waals surface area contributed by atoms with E-state index in [4.69, 9.17) is 4.74 Å². The molecule has 26 heavy (non-hydrogen) atoms. The number of benzene rings is 1. The van der Waals surface area contributed by atoms with E-state index in [0.29, 0.717) is 6.54 Å². The maximum atomic E-state index is 12.4. The predicted octanol–water partition coefficient (Wildman–Crippen LogP) is 0.389. The lowest BCUT2D eigenvalue weighted by Gasteiger charge is -2.34. The number of aryl methyl sites for hydroxylation is 2. The molecule has 7 nitrogen and oxygen atoms in total. The highest BCUT2D eigenvalue weighted by molar-refractivity contribution is 5.92. The van der Waals surface area contributed by atoms with Crippen LogP contribution in [0.5, 0.6) is 5.75 Å². The van der Waals surface area contributed by atoms with Crippen molar-refractivity contribution in [3.63, 3.8) is 0 Å². The molecule has 0 atom stereocenters. The van der Waals surface area contributed by atoms with E-state index >= 15 is 0 Å². The number of hydrogen-bond acceptors (Lipinski definition) is 4. The summed E-state index contributed by atoms with van der Waals surface area (Å²) < 4.78 is 7.26. The zero-order chi connectivity index (χ0) is 18.7. The third-order valence-corrected chi connectivity index (χ3v) is 5.08. The van der Waals surface area contributed by atoms with Crippen LogP contribution >= 0.6 is 0 Å². The van der Waals surface area contributed by atoms with Gasteiger partial charge in [-0.3, -0.25) is 9.48 Å². The van der Waals surface area contributed by atoms with Crippen molar-refractivity contribution in [2.45, 2.75) is 13.8 Å². The number of amides is 1. The van der Waals surface area contributed by atoms with Crippen molar-refractivity contribution in [1.82, 2.24) is 9.78 Å². The Balaban J connectivity index is 1.54. The number of para-hydroxylation sites is 2. The molecule has 140 valence electrons. The molecule has 7 heteroatoms. The van der Waals surface area contributed by atoms with Gasteiger partial charge in [-0.25, -0.2) is 0 Å². The Hall–Kier alpha value is -2.54. The summed E-state index contributed by atoms with van der Waals surface area (Å²) in [6, 6.07) is 8.09. The van der Waals surface area contributed by atoms with Gasteiger partial charge in [0.2, 0.25) is 0 Å². The van der Waals surface area contributed by atoms with Gasteiger partial charge < -0.3 is 19.9 Å². The second kappa shape index (κ2) is 7.78. The van der Waals surface area contributed by atoms with Crippen LogP contribution in [-0.4, -0.2) is 55.5 Å². The second-order valence-corrected chi connectivity index (χ2v) is 6.80. The van der Waals surface area contributed by atoms with Crippen LogP contribution in [0.4, 0.5) is 11.4 Å². The van der Waals surface area contributed by atoms with Gasteiger partial charge in [0.1, 0.15) is 5.75 Å². The molecule has 0 saturated carbocycles. The number of rotatable bonds is 5. The number of hydrogen-bond donors (Lipinski definition) is 2. The minimum atomic E-state index is 0.0462. The Kier molecular flexibility index (Phi) is 5.46. The first kappa shape index (κ1) is 18.3. The highest BCUT2D eigenvalue weighted by atomic mass is 16.5. The van der Waals surface area contributed by atoms with Gasteiger partial charge in [-0.2, -0.15) is 5.10 Å². The van der Waals surface area contributed by atoms with E-state index < -0.39 is 0 Å². The van der Waals surface area contributed by atoms with Crippen LogP contribution in [0.25, 0.3) is 0 Å². The van der Waals surface area contributed by atoms with E-state index in [9.17, 15) is 4.79 Å². The molecule has 0 unspecified atom stereocenters. The molecule has 1 amide bonds. The van der Waals surface area contributed by atoms with Crippen LogP contribution in [0.2, 0.25) is 0 Å². The SMILES string of the molecule is COc1ccccc1N1CC[NH+](CC(=O)Nc2c(C)nn(C)c2C)CC1. The van der Waals surface area contributed by atoms with E-state index in [1.165, 1.54) is 4.90 Å². The topological polar surface area (TPSA) is 63.8 Å². The van der Waals surface area contributed by atoms with Crippen LogP contribution < -0.4 is 19.9 Å². The second-order valence-electron chi connectivity index (χ2n) is 6.80. The Morgan fingerprint density at radius 2 is 1.96 bits per heavy atom. The van der Waals surface area contributed by atoms with Crippen molar-refractivity contribution in [1.29, 1.82) is 0 Å². The van der Waals surface area contributed by atoms with Crippen molar-refractivity contribution in [2.75, 3.05) is 50.1 Å². The molecule has 1 aliphatic rings. The summed E-state index contributed by atoms with van der Waals surface area (Å²) in [6.45, 7) is 8.04. The summed E-state index contributed by atoms with van der Waals surface area (Å²) >= 11 is 0. The Bertz CT molecular complexity index is 778. The van der Waals surface area contributed by atoms with Crippen LogP contribution in [-0.2, 0) is 11.8 Å². The molecule has 1 saturated heterocycles. The average Bonchev–Trinajstić information content (AvgIpc) is 2.88. The zero-order valence-corrected chi connectivity index (χ0v) is 16.0. The number of carbonyl (C=O) groups excluding carboxylic acids is 1. The third kappa shape index (κ3) is 3.83. The molecule has 0 radical (unpaired) electrons. The van der Waals surface area contributed by atoms with Crippen molar-refractivity contribution in [3.8, 4) is 5.75 Å². The number of carbonyl (C=O) groups is 1. The lowest BCUT2D eigenvalue weighted by molar-refractivity contribution is -0.892. The Morgan fingerprint density at radius 3 is 2.58 bits per heavy atom. The summed E-state index contributed by atoms with van der Waals surface area (Å²) in [5.74, 6) is 0.946. The van der Waals surface area contributed by atoms with Gasteiger partial charge in [0.05, 0.1) is 56.1 Å². The predicted molar refractivity (Wildman–Crippen MR) is 102 cm³/mol. The highest BCUT2D eigenvalue weighted by Gasteiger charge is 2.24. The number of aromatic nitrogens is 2. The molecule has 3 rings (SSSR count). The van der Waals surface area contributed by atoms with Gasteiger partial charge in [0.25, 0.3) is 5.91 Å². The van der Waals surface area contributed by atoms with Crippen LogP contribution in [0.1, 0.15) is 11.4 Å². The first-order valence-corrected chi connectivity index (χ1v) is 9.01. The first-order valence-electron chi connectivity index (χ1n) is 9.01. The normalized spacial score (nSPS) is 15.2. The quantitative estimate of drug-likeness (QED) is 0.812. The summed E-state index contributed by atoms with van der Waals surface area (Å²) in [6.07, 6.45) is 0. The van der Waals surface area contributed by atoms with E-state index in [1.54, 1.807) is 11.8 Å². The van der Waals surface area contributed by atoms with Gasteiger partial charge in [0, 0.05) is 7.05 Å². The number of methoxy groups -OCH3 is 1. The van der Waals surface area contributed by atoms with Crippen molar-refractivity contribution < 1.29 is 14.4 Å². The Morgan fingerprint density at radius 1 is 1.27 bits per heavy atom. The zero-order valence-electron chi connectivity index (χ0n) is 16.0. The van der Waals surface area contributed by atoms with Crippen LogP contribution in [0.3, 0.4) is 0 Å².